The first-order chi connectivity index (χ1) is 13.2. The van der Waals surface area contributed by atoms with Gasteiger partial charge in [-0.15, -0.1) is 0 Å². The van der Waals surface area contributed by atoms with Crippen molar-refractivity contribution < 1.29 is 22.8 Å². The Kier molecular flexibility index (Phi) is 7.03. The zero-order valence-corrected chi connectivity index (χ0v) is 15.6. The van der Waals surface area contributed by atoms with E-state index in [9.17, 15) is 22.8 Å². The summed E-state index contributed by atoms with van der Waals surface area (Å²) in [6.45, 7) is 4.30. The highest BCUT2D eigenvalue weighted by Crippen LogP contribution is 2.29. The third-order valence-corrected chi connectivity index (χ3v) is 4.14. The van der Waals surface area contributed by atoms with Gasteiger partial charge in [-0.05, 0) is 42.8 Å². The highest BCUT2D eigenvalue weighted by atomic mass is 19.4. The maximum Gasteiger partial charge on any atom is 0.416 e. The average Bonchev–Trinajstić information content (AvgIpc) is 2.64. The molecule has 2 aromatic rings. The van der Waals surface area contributed by atoms with Crippen LogP contribution in [0.15, 0.2) is 48.5 Å². The van der Waals surface area contributed by atoms with E-state index in [1.807, 2.05) is 25.1 Å². The lowest BCUT2D eigenvalue weighted by Gasteiger charge is -2.21. The van der Waals surface area contributed by atoms with E-state index in [0.717, 1.165) is 17.7 Å². The van der Waals surface area contributed by atoms with Crippen molar-refractivity contribution in [2.75, 3.05) is 23.7 Å². The summed E-state index contributed by atoms with van der Waals surface area (Å²) in [5.74, 6) is -0.439. The summed E-state index contributed by atoms with van der Waals surface area (Å²) in [6.07, 6.45) is -4.42. The Hall–Kier alpha value is -3.03. The molecule has 0 aliphatic carbocycles. The van der Waals surface area contributed by atoms with Gasteiger partial charge in [0.1, 0.15) is 0 Å². The molecule has 2 N–H and O–H groups in total. The molecule has 0 saturated heterocycles. The van der Waals surface area contributed by atoms with Gasteiger partial charge in [0, 0.05) is 31.4 Å². The van der Waals surface area contributed by atoms with Crippen LogP contribution in [0.3, 0.4) is 0 Å². The zero-order valence-electron chi connectivity index (χ0n) is 15.6. The molecule has 0 heterocycles. The molecule has 0 saturated carbocycles. The normalized spacial score (nSPS) is 11.0. The summed E-state index contributed by atoms with van der Waals surface area (Å²) >= 11 is 0. The number of carbonyl (C=O) groups excluding carboxylic acids is 2. The second-order valence-corrected chi connectivity index (χ2v) is 6.17. The minimum atomic E-state index is -4.42. The number of nitrogens with zero attached hydrogens (tertiary/aromatic N) is 1. The molecule has 0 atom stereocenters. The molecular weight excluding hydrogens is 371 g/mol. The van der Waals surface area contributed by atoms with E-state index in [1.165, 1.54) is 19.1 Å². The van der Waals surface area contributed by atoms with Crippen molar-refractivity contribution in [2.24, 2.45) is 0 Å². The molecule has 0 radical (unpaired) electrons. The molecule has 0 fully saturated rings. The number of alkyl halides is 3. The monoisotopic (exact) mass is 393 g/mol. The van der Waals surface area contributed by atoms with Crippen LogP contribution in [-0.4, -0.2) is 29.8 Å². The first-order valence-electron chi connectivity index (χ1n) is 8.75. The number of amides is 2. The van der Waals surface area contributed by atoms with Crippen molar-refractivity contribution in [1.82, 2.24) is 4.90 Å². The van der Waals surface area contributed by atoms with Gasteiger partial charge in [-0.3, -0.25) is 9.59 Å². The summed E-state index contributed by atoms with van der Waals surface area (Å²) in [7, 11) is 0. The molecule has 2 aromatic carbocycles. The van der Waals surface area contributed by atoms with Crippen LogP contribution in [0.2, 0.25) is 0 Å². The first kappa shape index (κ1) is 21.3. The number of hydrogen-bond donors (Lipinski definition) is 2. The van der Waals surface area contributed by atoms with Crippen LogP contribution in [0.4, 0.5) is 24.5 Å². The molecule has 0 aliphatic rings. The van der Waals surface area contributed by atoms with E-state index in [-0.39, 0.29) is 18.1 Å². The van der Waals surface area contributed by atoms with E-state index >= 15 is 0 Å². The lowest BCUT2D eigenvalue weighted by Crippen LogP contribution is -2.28. The smallest absolute Gasteiger partial charge is 0.376 e. The summed E-state index contributed by atoms with van der Waals surface area (Å²) in [6, 6.07) is 11.6. The Morgan fingerprint density at radius 1 is 1.04 bits per heavy atom. The number of carbonyl (C=O) groups is 2. The van der Waals surface area contributed by atoms with Crippen molar-refractivity contribution in [3.05, 3.63) is 59.7 Å². The van der Waals surface area contributed by atoms with Gasteiger partial charge in [0.05, 0.1) is 12.1 Å². The largest absolute Gasteiger partial charge is 0.416 e. The number of nitrogens with one attached hydrogen (secondary N) is 2. The molecule has 2 rings (SSSR count). The molecule has 0 spiro atoms. The van der Waals surface area contributed by atoms with Crippen molar-refractivity contribution >= 4 is 23.2 Å². The van der Waals surface area contributed by atoms with Gasteiger partial charge >= 0.3 is 6.18 Å². The van der Waals surface area contributed by atoms with Crippen LogP contribution in [0.1, 0.15) is 25.0 Å². The highest BCUT2D eigenvalue weighted by molar-refractivity contribution is 5.93. The predicted molar refractivity (Wildman–Crippen MR) is 102 cm³/mol. The van der Waals surface area contributed by atoms with E-state index in [0.29, 0.717) is 18.8 Å². The minimum Gasteiger partial charge on any atom is -0.376 e. The Labute approximate surface area is 161 Å². The van der Waals surface area contributed by atoms with E-state index in [2.05, 4.69) is 10.6 Å². The second kappa shape index (κ2) is 9.25. The van der Waals surface area contributed by atoms with Crippen LogP contribution in [-0.2, 0) is 22.3 Å². The van der Waals surface area contributed by atoms with Crippen LogP contribution in [0, 0.1) is 0 Å². The molecule has 5 nitrogen and oxygen atoms in total. The number of hydrogen-bond acceptors (Lipinski definition) is 3. The summed E-state index contributed by atoms with van der Waals surface area (Å²) in [4.78, 5) is 25.4. The van der Waals surface area contributed by atoms with Crippen molar-refractivity contribution in [3.63, 3.8) is 0 Å². The SMILES string of the molecule is CCN(Cc1ccccc1NCC(=O)Nc1ccc(C(F)(F)F)cc1)C(C)=O. The Morgan fingerprint density at radius 3 is 2.25 bits per heavy atom. The van der Waals surface area contributed by atoms with Gasteiger partial charge in [-0.25, -0.2) is 0 Å². The average molecular weight is 393 g/mol. The lowest BCUT2D eigenvalue weighted by atomic mass is 10.1. The van der Waals surface area contributed by atoms with Crippen molar-refractivity contribution in [2.45, 2.75) is 26.6 Å². The molecule has 0 aromatic heterocycles. The summed E-state index contributed by atoms with van der Waals surface area (Å²) < 4.78 is 37.7. The number of anilines is 2. The molecular formula is C20H22F3N3O2. The molecule has 0 unspecified atom stereocenters. The molecule has 2 amide bonds. The molecule has 0 aliphatic heterocycles. The Balaban J connectivity index is 1.97. The molecule has 150 valence electrons. The van der Waals surface area contributed by atoms with Crippen LogP contribution >= 0.6 is 0 Å². The third kappa shape index (κ3) is 6.00. The van der Waals surface area contributed by atoms with Crippen LogP contribution in [0.25, 0.3) is 0 Å². The quantitative estimate of drug-likeness (QED) is 0.744. The van der Waals surface area contributed by atoms with Crippen molar-refractivity contribution in [1.29, 1.82) is 0 Å². The van der Waals surface area contributed by atoms with Gasteiger partial charge in [-0.2, -0.15) is 13.2 Å². The second-order valence-electron chi connectivity index (χ2n) is 6.17. The Morgan fingerprint density at radius 2 is 1.68 bits per heavy atom. The van der Waals surface area contributed by atoms with E-state index < -0.39 is 17.6 Å². The highest BCUT2D eigenvalue weighted by Gasteiger charge is 2.29. The number of rotatable bonds is 7. The number of halogens is 3. The van der Waals surface area contributed by atoms with Gasteiger partial charge < -0.3 is 15.5 Å². The standard InChI is InChI=1S/C20H22F3N3O2/c1-3-26(14(2)27)13-15-6-4-5-7-18(15)24-12-19(28)25-17-10-8-16(9-11-17)20(21,22)23/h4-11,24H,3,12-13H2,1-2H3,(H,25,28). The minimum absolute atomic E-state index is 0.0441. The number of para-hydroxylation sites is 1. The maximum atomic E-state index is 12.6. The first-order valence-corrected chi connectivity index (χ1v) is 8.75. The maximum absolute atomic E-state index is 12.6. The van der Waals surface area contributed by atoms with Gasteiger partial charge in [0.15, 0.2) is 0 Å². The van der Waals surface area contributed by atoms with Crippen molar-refractivity contribution in [3.8, 4) is 0 Å². The fraction of sp³-hybridized carbons (Fsp3) is 0.300. The Bertz CT molecular complexity index is 820. The number of benzene rings is 2. The molecule has 28 heavy (non-hydrogen) atoms. The van der Waals surface area contributed by atoms with Crippen LogP contribution < -0.4 is 10.6 Å². The van der Waals surface area contributed by atoms with Gasteiger partial charge in [0.2, 0.25) is 11.8 Å². The third-order valence-electron chi connectivity index (χ3n) is 4.14. The summed E-state index contributed by atoms with van der Waals surface area (Å²) in [5, 5.41) is 5.55. The van der Waals surface area contributed by atoms with E-state index in [4.69, 9.17) is 0 Å². The molecule has 8 heteroatoms. The van der Waals surface area contributed by atoms with Crippen LogP contribution in [0.5, 0.6) is 0 Å². The summed E-state index contributed by atoms with van der Waals surface area (Å²) in [5.41, 5.74) is 1.08. The fourth-order valence-electron chi connectivity index (χ4n) is 2.61. The fourth-order valence-corrected chi connectivity index (χ4v) is 2.61. The molecule has 0 bridgehead atoms. The zero-order chi connectivity index (χ0) is 20.7. The van der Waals surface area contributed by atoms with Gasteiger partial charge in [-0.1, -0.05) is 18.2 Å². The van der Waals surface area contributed by atoms with E-state index in [1.54, 1.807) is 11.0 Å². The predicted octanol–water partition coefficient (Wildman–Crippen LogP) is 4.12. The van der Waals surface area contributed by atoms with Gasteiger partial charge in [0.25, 0.3) is 0 Å². The lowest BCUT2D eigenvalue weighted by molar-refractivity contribution is -0.137. The topological polar surface area (TPSA) is 61.4 Å².